The number of nitrogens with one attached hydrogen (secondary N) is 2. The molecule has 1 fully saturated rings. The number of hydrogen-bond donors (Lipinski definition) is 3. The van der Waals surface area contributed by atoms with Gasteiger partial charge in [0.2, 0.25) is 0 Å². The molecule has 0 radical (unpaired) electrons. The number of carbonyl (C=O) groups excluding carboxylic acids is 1. The molecule has 1 aromatic heterocycles. The molecule has 1 atom stereocenters. The molecule has 17 heavy (non-hydrogen) atoms. The van der Waals surface area contributed by atoms with Crippen LogP contribution in [0.15, 0.2) is 6.07 Å². The summed E-state index contributed by atoms with van der Waals surface area (Å²) in [5.74, 6) is 0.734. The molecule has 1 saturated heterocycles. The largest absolute Gasteiger partial charge is 0.382 e. The van der Waals surface area contributed by atoms with Gasteiger partial charge in [0.25, 0.3) is 5.91 Å². The number of anilines is 1. The molecule has 1 aromatic rings. The quantitative estimate of drug-likeness (QED) is 0.713. The van der Waals surface area contributed by atoms with E-state index < -0.39 is 0 Å². The first-order valence-electron chi connectivity index (χ1n) is 5.92. The van der Waals surface area contributed by atoms with E-state index in [0.29, 0.717) is 24.0 Å². The van der Waals surface area contributed by atoms with Crippen LogP contribution in [-0.4, -0.2) is 35.9 Å². The molecule has 0 aliphatic carbocycles. The Balaban J connectivity index is 1.69. The van der Waals surface area contributed by atoms with Crippen LogP contribution in [-0.2, 0) is 4.74 Å². The van der Waals surface area contributed by atoms with E-state index in [1.807, 2.05) is 0 Å². The number of aromatic nitrogens is 2. The number of aromatic amines is 1. The van der Waals surface area contributed by atoms with Crippen LogP contribution >= 0.6 is 0 Å². The van der Waals surface area contributed by atoms with Crippen LogP contribution in [0.5, 0.6) is 0 Å². The van der Waals surface area contributed by atoms with Gasteiger partial charge >= 0.3 is 0 Å². The molecule has 0 bridgehead atoms. The molecule has 2 rings (SSSR count). The standard InChI is InChI=1S/C11H18N4O2/c12-10-6-9(14-15-10)11(16)13-4-3-8-2-1-5-17-7-8/h6,8H,1-5,7H2,(H,13,16)(H3,12,14,15)/t8-/m1/s1. The van der Waals surface area contributed by atoms with Gasteiger partial charge in [0.1, 0.15) is 11.5 Å². The van der Waals surface area contributed by atoms with E-state index in [-0.39, 0.29) is 5.91 Å². The van der Waals surface area contributed by atoms with Gasteiger partial charge in [-0.15, -0.1) is 0 Å². The maximum absolute atomic E-state index is 11.6. The third-order valence-corrected chi connectivity index (χ3v) is 2.94. The van der Waals surface area contributed by atoms with Crippen molar-refractivity contribution in [1.82, 2.24) is 15.5 Å². The van der Waals surface area contributed by atoms with Crippen molar-refractivity contribution in [2.75, 3.05) is 25.5 Å². The van der Waals surface area contributed by atoms with Gasteiger partial charge in [-0.1, -0.05) is 0 Å². The van der Waals surface area contributed by atoms with E-state index in [0.717, 1.165) is 26.1 Å². The highest BCUT2D eigenvalue weighted by Gasteiger charge is 2.14. The summed E-state index contributed by atoms with van der Waals surface area (Å²) in [6.07, 6.45) is 3.26. The Labute approximate surface area is 99.9 Å². The van der Waals surface area contributed by atoms with E-state index in [2.05, 4.69) is 15.5 Å². The van der Waals surface area contributed by atoms with Crippen LogP contribution in [0.2, 0.25) is 0 Å². The lowest BCUT2D eigenvalue weighted by Crippen LogP contribution is -2.28. The zero-order valence-corrected chi connectivity index (χ0v) is 9.74. The molecule has 0 spiro atoms. The molecule has 94 valence electrons. The summed E-state index contributed by atoms with van der Waals surface area (Å²) in [5, 5.41) is 9.13. The summed E-state index contributed by atoms with van der Waals surface area (Å²) in [6.45, 7) is 2.34. The number of amides is 1. The summed E-state index contributed by atoms with van der Waals surface area (Å²) in [7, 11) is 0. The van der Waals surface area contributed by atoms with Crippen LogP contribution in [0.4, 0.5) is 5.82 Å². The van der Waals surface area contributed by atoms with Gasteiger partial charge in [-0.2, -0.15) is 5.10 Å². The number of ether oxygens (including phenoxy) is 1. The lowest BCUT2D eigenvalue weighted by Gasteiger charge is -2.21. The Morgan fingerprint density at radius 3 is 3.24 bits per heavy atom. The summed E-state index contributed by atoms with van der Waals surface area (Å²) in [5.41, 5.74) is 5.83. The van der Waals surface area contributed by atoms with E-state index in [1.54, 1.807) is 0 Å². The van der Waals surface area contributed by atoms with Crippen molar-refractivity contribution >= 4 is 11.7 Å². The molecule has 2 heterocycles. The normalized spacial score (nSPS) is 20.1. The third-order valence-electron chi connectivity index (χ3n) is 2.94. The van der Waals surface area contributed by atoms with Crippen molar-refractivity contribution in [3.05, 3.63) is 11.8 Å². The Kier molecular flexibility index (Phi) is 3.98. The van der Waals surface area contributed by atoms with Gasteiger partial charge in [0.05, 0.1) is 0 Å². The molecule has 6 heteroatoms. The predicted molar refractivity (Wildman–Crippen MR) is 63.5 cm³/mol. The topological polar surface area (TPSA) is 93.0 Å². The van der Waals surface area contributed by atoms with Crippen molar-refractivity contribution in [2.24, 2.45) is 5.92 Å². The van der Waals surface area contributed by atoms with Gasteiger partial charge < -0.3 is 15.8 Å². The number of carbonyl (C=O) groups is 1. The smallest absolute Gasteiger partial charge is 0.269 e. The minimum Gasteiger partial charge on any atom is -0.382 e. The van der Waals surface area contributed by atoms with Gasteiger partial charge in [0, 0.05) is 25.8 Å². The summed E-state index contributed by atoms with van der Waals surface area (Å²) in [4.78, 5) is 11.6. The number of nitrogen functional groups attached to an aromatic ring is 1. The van der Waals surface area contributed by atoms with E-state index in [4.69, 9.17) is 10.5 Å². The first-order chi connectivity index (χ1) is 8.25. The van der Waals surface area contributed by atoms with Crippen molar-refractivity contribution in [1.29, 1.82) is 0 Å². The molecule has 1 amide bonds. The highest BCUT2D eigenvalue weighted by atomic mass is 16.5. The lowest BCUT2D eigenvalue weighted by atomic mass is 9.99. The van der Waals surface area contributed by atoms with Crippen LogP contribution in [0.25, 0.3) is 0 Å². The molecular formula is C11H18N4O2. The number of nitrogens with two attached hydrogens (primary N) is 1. The van der Waals surface area contributed by atoms with Gasteiger partial charge in [-0.25, -0.2) is 0 Å². The average Bonchev–Trinajstić information content (AvgIpc) is 2.77. The van der Waals surface area contributed by atoms with Crippen molar-refractivity contribution in [3.63, 3.8) is 0 Å². The number of rotatable bonds is 4. The highest BCUT2D eigenvalue weighted by molar-refractivity contribution is 5.92. The first kappa shape index (κ1) is 11.9. The Morgan fingerprint density at radius 1 is 1.71 bits per heavy atom. The average molecular weight is 238 g/mol. The zero-order valence-electron chi connectivity index (χ0n) is 9.74. The molecule has 4 N–H and O–H groups in total. The number of nitrogens with zero attached hydrogens (tertiary/aromatic N) is 1. The monoisotopic (exact) mass is 238 g/mol. The second-order valence-electron chi connectivity index (χ2n) is 4.33. The van der Waals surface area contributed by atoms with E-state index in [9.17, 15) is 4.79 Å². The molecule has 0 aromatic carbocycles. The first-order valence-corrected chi connectivity index (χ1v) is 5.92. The summed E-state index contributed by atoms with van der Waals surface area (Å²) in [6, 6.07) is 1.53. The van der Waals surface area contributed by atoms with Crippen molar-refractivity contribution in [3.8, 4) is 0 Å². The number of hydrogen-bond acceptors (Lipinski definition) is 4. The van der Waals surface area contributed by atoms with Crippen LogP contribution < -0.4 is 11.1 Å². The van der Waals surface area contributed by atoms with Crippen LogP contribution in [0.3, 0.4) is 0 Å². The second kappa shape index (κ2) is 5.67. The predicted octanol–water partition coefficient (Wildman–Crippen LogP) is 0.538. The molecule has 1 aliphatic heterocycles. The minimum atomic E-state index is -0.161. The Morgan fingerprint density at radius 2 is 2.59 bits per heavy atom. The summed E-state index contributed by atoms with van der Waals surface area (Å²) >= 11 is 0. The van der Waals surface area contributed by atoms with Gasteiger partial charge in [0.15, 0.2) is 0 Å². The molecule has 0 saturated carbocycles. The summed E-state index contributed by atoms with van der Waals surface area (Å²) < 4.78 is 5.38. The maximum atomic E-state index is 11.6. The number of H-pyrrole nitrogens is 1. The van der Waals surface area contributed by atoms with Crippen LogP contribution in [0, 0.1) is 5.92 Å². The Bertz CT molecular complexity index is 371. The third kappa shape index (κ3) is 3.45. The minimum absolute atomic E-state index is 0.161. The van der Waals surface area contributed by atoms with E-state index in [1.165, 1.54) is 12.5 Å². The molecule has 6 nitrogen and oxygen atoms in total. The van der Waals surface area contributed by atoms with E-state index >= 15 is 0 Å². The molecule has 1 aliphatic rings. The molecular weight excluding hydrogens is 220 g/mol. The maximum Gasteiger partial charge on any atom is 0.269 e. The van der Waals surface area contributed by atoms with Crippen LogP contribution in [0.1, 0.15) is 29.8 Å². The fraction of sp³-hybridized carbons (Fsp3) is 0.636. The fourth-order valence-electron chi connectivity index (χ4n) is 1.97. The SMILES string of the molecule is Nc1cc(C(=O)NCC[C@H]2CCCOC2)[nH]n1. The fourth-order valence-corrected chi connectivity index (χ4v) is 1.97. The Hall–Kier alpha value is -1.56. The zero-order chi connectivity index (χ0) is 12.1. The van der Waals surface area contributed by atoms with Gasteiger partial charge in [-0.05, 0) is 25.2 Å². The van der Waals surface area contributed by atoms with Gasteiger partial charge in [-0.3, -0.25) is 9.89 Å². The van der Waals surface area contributed by atoms with Crippen molar-refractivity contribution < 1.29 is 9.53 Å². The van der Waals surface area contributed by atoms with Crippen molar-refractivity contribution in [2.45, 2.75) is 19.3 Å². The second-order valence-corrected chi connectivity index (χ2v) is 4.33. The molecule has 0 unspecified atom stereocenters. The lowest BCUT2D eigenvalue weighted by molar-refractivity contribution is 0.0514. The highest BCUT2D eigenvalue weighted by Crippen LogP contribution is 2.16.